The van der Waals surface area contributed by atoms with Gasteiger partial charge >= 0.3 is 0 Å². The van der Waals surface area contributed by atoms with Crippen LogP contribution >= 0.6 is 12.2 Å². The molecule has 2 bridgehead atoms. The van der Waals surface area contributed by atoms with Gasteiger partial charge in [-0.05, 0) is 12.2 Å². The summed E-state index contributed by atoms with van der Waals surface area (Å²) < 4.78 is 15.7. The van der Waals surface area contributed by atoms with Crippen molar-refractivity contribution in [1.29, 1.82) is 0 Å². The molecule has 26 heavy (non-hydrogen) atoms. The molecule has 3 aliphatic rings. The zero-order chi connectivity index (χ0) is 19.2. The lowest BCUT2D eigenvalue weighted by molar-refractivity contribution is -0.288. The average Bonchev–Trinajstić information content (AvgIpc) is 3.04. The molecule has 0 aromatic carbocycles. The van der Waals surface area contributed by atoms with Crippen molar-refractivity contribution in [2.24, 2.45) is 0 Å². The van der Waals surface area contributed by atoms with E-state index in [2.05, 4.69) is 5.32 Å². The van der Waals surface area contributed by atoms with Crippen LogP contribution < -0.4 is 5.32 Å². The number of aliphatic hydroxyl groups is 6. The third kappa shape index (κ3) is 3.30. The van der Waals surface area contributed by atoms with Crippen molar-refractivity contribution in [3.63, 3.8) is 0 Å². The summed E-state index contributed by atoms with van der Waals surface area (Å²) in [7, 11) is 1.30. The number of nitrogens with zero attached hydrogens (tertiary/aromatic N) is 1. The van der Waals surface area contributed by atoms with Crippen LogP contribution in [-0.2, 0) is 14.2 Å². The fourth-order valence-electron chi connectivity index (χ4n) is 3.50. The molecule has 0 spiro atoms. The first-order valence-corrected chi connectivity index (χ1v) is 8.63. The molecule has 3 fully saturated rings. The number of nitrogens with one attached hydrogen (secondary N) is 1. The molecule has 0 aliphatic carbocycles. The van der Waals surface area contributed by atoms with E-state index in [0.717, 1.165) is 0 Å². The fourth-order valence-corrected chi connectivity index (χ4v) is 3.82. The number of fused-ring (bicyclic) bond motifs is 2. The van der Waals surface area contributed by atoms with E-state index in [1.165, 1.54) is 12.0 Å². The van der Waals surface area contributed by atoms with Crippen molar-refractivity contribution in [2.45, 2.75) is 61.3 Å². The Kier molecular flexibility index (Phi) is 5.99. The molecule has 11 nitrogen and oxygen atoms in total. The zero-order valence-electron chi connectivity index (χ0n) is 14.0. The second kappa shape index (κ2) is 7.75. The number of ether oxygens (including phenoxy) is 3. The molecule has 0 aromatic rings. The summed E-state index contributed by atoms with van der Waals surface area (Å²) in [5, 5.41) is 62.6. The zero-order valence-corrected chi connectivity index (χ0v) is 14.8. The van der Waals surface area contributed by atoms with Crippen LogP contribution in [0.3, 0.4) is 0 Å². The van der Waals surface area contributed by atoms with Crippen molar-refractivity contribution < 1.29 is 44.8 Å². The van der Waals surface area contributed by atoms with Crippen LogP contribution in [0.4, 0.5) is 0 Å². The maximum atomic E-state index is 10.1. The lowest BCUT2D eigenvalue weighted by Gasteiger charge is -2.43. The van der Waals surface area contributed by atoms with Crippen LogP contribution in [0, 0.1) is 0 Å². The smallest absolute Gasteiger partial charge is 0.186 e. The maximum absolute atomic E-state index is 10.1. The first-order valence-electron chi connectivity index (χ1n) is 8.22. The number of rotatable bonds is 3. The monoisotopic (exact) mass is 396 g/mol. The van der Waals surface area contributed by atoms with E-state index in [1.807, 2.05) is 0 Å². The van der Waals surface area contributed by atoms with Crippen LogP contribution in [0.5, 0.6) is 0 Å². The summed E-state index contributed by atoms with van der Waals surface area (Å²) in [5.41, 5.74) is 0. The van der Waals surface area contributed by atoms with Gasteiger partial charge in [0.05, 0.1) is 12.6 Å². The molecule has 7 N–H and O–H groups in total. The lowest BCUT2D eigenvalue weighted by Crippen LogP contribution is -2.66. The van der Waals surface area contributed by atoms with Gasteiger partial charge in [0.15, 0.2) is 17.6 Å². The van der Waals surface area contributed by atoms with Crippen LogP contribution in [0.1, 0.15) is 0 Å². The summed E-state index contributed by atoms with van der Waals surface area (Å²) in [6.45, 7) is 0.0509. The van der Waals surface area contributed by atoms with Crippen molar-refractivity contribution >= 4 is 17.3 Å². The van der Waals surface area contributed by atoms with Gasteiger partial charge in [0, 0.05) is 13.7 Å². The van der Waals surface area contributed by atoms with Gasteiger partial charge in [0.1, 0.15) is 42.7 Å². The molecule has 3 aliphatic heterocycles. The minimum atomic E-state index is -1.46. The van der Waals surface area contributed by atoms with Gasteiger partial charge in [-0.1, -0.05) is 0 Å². The highest BCUT2D eigenvalue weighted by atomic mass is 32.1. The highest BCUT2D eigenvalue weighted by Crippen LogP contribution is 2.31. The van der Waals surface area contributed by atoms with E-state index in [-0.39, 0.29) is 18.3 Å². The van der Waals surface area contributed by atoms with Crippen molar-refractivity contribution in [3.8, 4) is 0 Å². The molecule has 12 heteroatoms. The molecule has 0 aromatic heterocycles. The first-order chi connectivity index (χ1) is 12.3. The highest BCUT2D eigenvalue weighted by molar-refractivity contribution is 7.80. The molecule has 0 amide bonds. The Morgan fingerprint density at radius 1 is 1.04 bits per heavy atom. The fraction of sp³-hybridized carbons (Fsp3) is 0.929. The molecular weight excluding hydrogens is 372 g/mol. The highest BCUT2D eigenvalue weighted by Gasteiger charge is 2.54. The molecule has 0 radical (unpaired) electrons. The molecule has 3 heterocycles. The SMILES string of the molecule is CO[C@H]1O[C@H](CNC(=S)N2[C@@H]3OC[C@H]2[C@@H](O)[C@H](O)[C@@H]3O)[C@@H](O)[C@H](O)[C@H]1O. The molecule has 0 unspecified atom stereocenters. The Bertz CT molecular complexity index is 509. The number of thiocarbonyl (C=S) groups is 1. The van der Waals surface area contributed by atoms with E-state index in [0.29, 0.717) is 0 Å². The number of methoxy groups -OCH3 is 1. The predicted octanol–water partition coefficient (Wildman–Crippen LogP) is -4.56. The van der Waals surface area contributed by atoms with Crippen LogP contribution in [0.2, 0.25) is 0 Å². The van der Waals surface area contributed by atoms with Gasteiger partial charge in [-0.15, -0.1) is 0 Å². The number of aliphatic hydroxyl groups excluding tert-OH is 6. The van der Waals surface area contributed by atoms with E-state index in [9.17, 15) is 30.6 Å². The lowest BCUT2D eigenvalue weighted by atomic mass is 9.95. The average molecular weight is 396 g/mol. The van der Waals surface area contributed by atoms with E-state index in [1.54, 1.807) is 0 Å². The van der Waals surface area contributed by atoms with Gasteiger partial charge in [-0.2, -0.15) is 0 Å². The molecule has 3 rings (SSSR count). The van der Waals surface area contributed by atoms with E-state index < -0.39 is 61.3 Å². The molecule has 150 valence electrons. The maximum Gasteiger partial charge on any atom is 0.186 e. The van der Waals surface area contributed by atoms with Gasteiger partial charge in [0.2, 0.25) is 0 Å². The van der Waals surface area contributed by atoms with Gasteiger partial charge in [0.25, 0.3) is 0 Å². The second-order valence-electron chi connectivity index (χ2n) is 6.61. The van der Waals surface area contributed by atoms with Gasteiger partial charge in [-0.25, -0.2) is 0 Å². The Morgan fingerprint density at radius 3 is 2.35 bits per heavy atom. The Hall–Kier alpha value is -0.670. The number of hydrogen-bond donors (Lipinski definition) is 7. The van der Waals surface area contributed by atoms with Crippen molar-refractivity contribution in [1.82, 2.24) is 10.2 Å². The van der Waals surface area contributed by atoms with E-state index in [4.69, 9.17) is 26.4 Å². The Morgan fingerprint density at radius 2 is 1.69 bits per heavy atom. The standard InChI is InChI=1S/C14H24N2O9S/c1-23-13-11(22)9(20)7(18)5(25-13)2-15-14(26)16-4-3-24-12(16)10(21)8(19)6(4)17/h4-13,17-22H,2-3H2,1H3,(H,15,26)/t4-,5+,6+,7+,8-,9-,10-,11+,12+,13-/m0/s1. The summed E-state index contributed by atoms with van der Waals surface area (Å²) in [6.07, 6.45) is -11.1. The molecule has 3 saturated heterocycles. The van der Waals surface area contributed by atoms with Crippen LogP contribution in [0.15, 0.2) is 0 Å². The molecule has 0 saturated carbocycles. The summed E-state index contributed by atoms with van der Waals surface area (Å²) in [4.78, 5) is 1.45. The van der Waals surface area contributed by atoms with Crippen molar-refractivity contribution in [2.75, 3.05) is 20.3 Å². The largest absolute Gasteiger partial charge is 0.388 e. The van der Waals surface area contributed by atoms with Gasteiger partial charge in [-0.3, -0.25) is 0 Å². The Labute approximate surface area is 154 Å². The predicted molar refractivity (Wildman–Crippen MR) is 87.7 cm³/mol. The topological polar surface area (TPSA) is 164 Å². The third-order valence-electron chi connectivity index (χ3n) is 5.05. The summed E-state index contributed by atoms with van der Waals surface area (Å²) >= 11 is 5.28. The molecule has 10 atom stereocenters. The van der Waals surface area contributed by atoms with Crippen LogP contribution in [0.25, 0.3) is 0 Å². The quantitative estimate of drug-likeness (QED) is 0.229. The number of hydrogen-bond acceptors (Lipinski definition) is 10. The minimum absolute atomic E-state index is 0.0334. The summed E-state index contributed by atoms with van der Waals surface area (Å²) in [6, 6.07) is -0.630. The van der Waals surface area contributed by atoms with Crippen molar-refractivity contribution in [3.05, 3.63) is 0 Å². The minimum Gasteiger partial charge on any atom is -0.388 e. The first kappa shape index (κ1) is 20.1. The second-order valence-corrected chi connectivity index (χ2v) is 6.99. The third-order valence-corrected chi connectivity index (χ3v) is 5.40. The van der Waals surface area contributed by atoms with Crippen LogP contribution in [-0.4, -0.2) is 122 Å². The normalized spacial score (nSPS) is 48.5. The number of piperidine rings is 1. The van der Waals surface area contributed by atoms with Gasteiger partial charge < -0.3 is 55.1 Å². The van der Waals surface area contributed by atoms with E-state index >= 15 is 0 Å². The Balaban J connectivity index is 1.62. The summed E-state index contributed by atoms with van der Waals surface area (Å²) in [5.74, 6) is 0. The molecular formula is C14H24N2O9S.